The number of nitrogens with zero attached hydrogens (tertiary/aromatic N) is 2. The summed E-state index contributed by atoms with van der Waals surface area (Å²) in [4.78, 5) is 19.9. The number of nitrogens with one attached hydrogen (secondary N) is 2. The van der Waals surface area contributed by atoms with Gasteiger partial charge >= 0.3 is 6.18 Å². The maximum absolute atomic E-state index is 12.6. The molecule has 1 atom stereocenters. The molecular formula is C19H17F3N4O4. The lowest BCUT2D eigenvalue weighted by Crippen LogP contribution is -2.34. The lowest BCUT2D eigenvalue weighted by atomic mass is 10.1. The van der Waals surface area contributed by atoms with Crippen LogP contribution in [0.5, 0.6) is 0 Å². The molecule has 2 aromatic heterocycles. The third-order valence-electron chi connectivity index (χ3n) is 3.96. The Bertz CT molecular complexity index is 988. The SMILES string of the molecule is O=C(NC[C@@H](O)CO)c1ccc(Nc2ncc(-c3ccc(C(F)(F)F)cc3)o2)cn1. The van der Waals surface area contributed by atoms with Crippen LogP contribution in [0.15, 0.2) is 53.2 Å². The second-order valence-electron chi connectivity index (χ2n) is 6.21. The number of aromatic nitrogens is 2. The monoisotopic (exact) mass is 422 g/mol. The number of oxazole rings is 1. The standard InChI is InChI=1S/C19H17F3N4O4/c20-19(21,22)12-3-1-11(2-4-12)16-9-25-18(30-16)26-13-5-6-15(23-7-13)17(29)24-8-14(28)10-27/h1-7,9,14,27-28H,8,10H2,(H,24,29)(H,25,26)/t14-/m1/s1. The second kappa shape index (κ2) is 8.93. The van der Waals surface area contributed by atoms with Gasteiger partial charge in [0, 0.05) is 12.1 Å². The third-order valence-corrected chi connectivity index (χ3v) is 3.96. The van der Waals surface area contributed by atoms with Crippen molar-refractivity contribution in [1.29, 1.82) is 0 Å². The van der Waals surface area contributed by atoms with Gasteiger partial charge in [0.1, 0.15) is 5.69 Å². The molecule has 0 bridgehead atoms. The van der Waals surface area contributed by atoms with Crippen molar-refractivity contribution in [3.8, 4) is 11.3 Å². The van der Waals surface area contributed by atoms with Crippen LogP contribution in [0.1, 0.15) is 16.1 Å². The van der Waals surface area contributed by atoms with E-state index in [2.05, 4.69) is 20.6 Å². The van der Waals surface area contributed by atoms with E-state index in [4.69, 9.17) is 9.52 Å². The lowest BCUT2D eigenvalue weighted by Gasteiger charge is -2.09. The quantitative estimate of drug-likeness (QED) is 0.462. The van der Waals surface area contributed by atoms with Gasteiger partial charge < -0.3 is 25.3 Å². The smallest absolute Gasteiger partial charge is 0.416 e. The van der Waals surface area contributed by atoms with Crippen molar-refractivity contribution in [3.05, 3.63) is 60.0 Å². The van der Waals surface area contributed by atoms with Crippen molar-refractivity contribution in [2.75, 3.05) is 18.5 Å². The Labute approximate surface area is 168 Å². The number of alkyl halides is 3. The van der Waals surface area contributed by atoms with Gasteiger partial charge in [-0.1, -0.05) is 12.1 Å². The summed E-state index contributed by atoms with van der Waals surface area (Å²) in [6.07, 6.45) is -2.74. The van der Waals surface area contributed by atoms with Crippen LogP contribution in [-0.4, -0.2) is 45.3 Å². The zero-order valence-electron chi connectivity index (χ0n) is 15.3. The van der Waals surface area contributed by atoms with E-state index in [9.17, 15) is 23.1 Å². The first kappa shape index (κ1) is 21.3. The highest BCUT2D eigenvalue weighted by Crippen LogP contribution is 2.31. The molecule has 3 aromatic rings. The number of benzene rings is 1. The molecule has 0 saturated heterocycles. The fraction of sp³-hybridized carbons (Fsp3) is 0.211. The molecule has 3 rings (SSSR count). The molecular weight excluding hydrogens is 405 g/mol. The molecule has 11 heteroatoms. The van der Waals surface area contributed by atoms with E-state index in [0.717, 1.165) is 12.1 Å². The molecule has 0 unspecified atom stereocenters. The van der Waals surface area contributed by atoms with Gasteiger partial charge in [0.15, 0.2) is 5.76 Å². The Kier molecular flexibility index (Phi) is 6.33. The van der Waals surface area contributed by atoms with E-state index in [-0.39, 0.29) is 24.0 Å². The molecule has 4 N–H and O–H groups in total. The third kappa shape index (κ3) is 5.33. The predicted molar refractivity (Wildman–Crippen MR) is 99.9 cm³/mol. The van der Waals surface area contributed by atoms with E-state index in [1.165, 1.54) is 30.6 Å². The molecule has 1 aromatic carbocycles. The Hall–Kier alpha value is -3.44. The first-order valence-corrected chi connectivity index (χ1v) is 8.70. The topological polar surface area (TPSA) is 121 Å². The van der Waals surface area contributed by atoms with E-state index in [1.807, 2.05) is 0 Å². The number of rotatable bonds is 7. The number of anilines is 2. The molecule has 0 fully saturated rings. The van der Waals surface area contributed by atoms with Crippen LogP contribution in [0.4, 0.5) is 24.9 Å². The largest absolute Gasteiger partial charge is 0.423 e. The summed E-state index contributed by atoms with van der Waals surface area (Å²) < 4.78 is 43.4. The van der Waals surface area contributed by atoms with Gasteiger partial charge in [-0.25, -0.2) is 9.97 Å². The summed E-state index contributed by atoms with van der Waals surface area (Å²) in [6.45, 7) is -0.582. The molecule has 30 heavy (non-hydrogen) atoms. The molecule has 158 valence electrons. The van der Waals surface area contributed by atoms with Gasteiger partial charge in [-0.15, -0.1) is 0 Å². The molecule has 0 aliphatic rings. The summed E-state index contributed by atoms with van der Waals surface area (Å²) in [5.41, 5.74) is 0.232. The number of carbonyl (C=O) groups excluding carboxylic acids is 1. The van der Waals surface area contributed by atoms with Gasteiger partial charge in [0.2, 0.25) is 0 Å². The fourth-order valence-electron chi connectivity index (χ4n) is 2.38. The molecule has 1 amide bonds. The van der Waals surface area contributed by atoms with Crippen LogP contribution in [0, 0.1) is 0 Å². The van der Waals surface area contributed by atoms with E-state index < -0.39 is 30.4 Å². The van der Waals surface area contributed by atoms with Gasteiger partial charge in [-0.3, -0.25) is 4.79 Å². The summed E-state index contributed by atoms with van der Waals surface area (Å²) >= 11 is 0. The van der Waals surface area contributed by atoms with Crippen molar-refractivity contribution in [1.82, 2.24) is 15.3 Å². The minimum absolute atomic E-state index is 0.0926. The molecule has 0 radical (unpaired) electrons. The van der Waals surface area contributed by atoms with Crippen molar-refractivity contribution in [2.45, 2.75) is 12.3 Å². The number of carbonyl (C=O) groups is 1. The average Bonchev–Trinajstić information content (AvgIpc) is 3.20. The number of pyridine rings is 1. The van der Waals surface area contributed by atoms with Gasteiger partial charge in [0.25, 0.3) is 11.9 Å². The zero-order valence-corrected chi connectivity index (χ0v) is 15.3. The summed E-state index contributed by atoms with van der Waals surface area (Å²) in [6, 6.07) is 7.56. The Morgan fingerprint density at radius 2 is 1.83 bits per heavy atom. The summed E-state index contributed by atoms with van der Waals surface area (Å²) in [5.74, 6) is -0.243. The van der Waals surface area contributed by atoms with Crippen LogP contribution in [0.2, 0.25) is 0 Å². The number of amides is 1. The zero-order chi connectivity index (χ0) is 21.7. The molecule has 0 aliphatic carbocycles. The maximum Gasteiger partial charge on any atom is 0.416 e. The maximum atomic E-state index is 12.6. The van der Waals surface area contributed by atoms with Crippen molar-refractivity contribution >= 4 is 17.6 Å². The minimum Gasteiger partial charge on any atom is -0.423 e. The van der Waals surface area contributed by atoms with Crippen molar-refractivity contribution in [3.63, 3.8) is 0 Å². The van der Waals surface area contributed by atoms with Crippen molar-refractivity contribution in [2.24, 2.45) is 0 Å². The summed E-state index contributed by atoms with van der Waals surface area (Å²) in [7, 11) is 0. The fourth-order valence-corrected chi connectivity index (χ4v) is 2.38. The average molecular weight is 422 g/mol. The Morgan fingerprint density at radius 1 is 1.10 bits per heavy atom. The van der Waals surface area contributed by atoms with E-state index in [0.29, 0.717) is 11.3 Å². The highest BCUT2D eigenvalue weighted by Gasteiger charge is 2.30. The number of aliphatic hydroxyl groups is 2. The van der Waals surface area contributed by atoms with Gasteiger partial charge in [0.05, 0.1) is 36.4 Å². The molecule has 0 spiro atoms. The van der Waals surface area contributed by atoms with Crippen LogP contribution in [0.25, 0.3) is 11.3 Å². The molecule has 0 saturated carbocycles. The van der Waals surface area contributed by atoms with Crippen molar-refractivity contribution < 1.29 is 32.6 Å². The highest BCUT2D eigenvalue weighted by atomic mass is 19.4. The normalized spacial score (nSPS) is 12.4. The summed E-state index contributed by atoms with van der Waals surface area (Å²) in [5, 5.41) is 23.2. The number of hydrogen-bond acceptors (Lipinski definition) is 7. The van der Waals surface area contributed by atoms with Gasteiger partial charge in [-0.05, 0) is 24.3 Å². The molecule has 2 heterocycles. The number of aliphatic hydroxyl groups excluding tert-OH is 2. The second-order valence-corrected chi connectivity index (χ2v) is 6.21. The Morgan fingerprint density at radius 3 is 2.43 bits per heavy atom. The minimum atomic E-state index is -4.42. The van der Waals surface area contributed by atoms with Crippen LogP contribution >= 0.6 is 0 Å². The van der Waals surface area contributed by atoms with E-state index >= 15 is 0 Å². The molecule has 0 aliphatic heterocycles. The first-order valence-electron chi connectivity index (χ1n) is 8.70. The highest BCUT2D eigenvalue weighted by molar-refractivity contribution is 5.92. The van der Waals surface area contributed by atoms with Crippen LogP contribution in [-0.2, 0) is 6.18 Å². The molecule has 8 nitrogen and oxygen atoms in total. The van der Waals surface area contributed by atoms with Crippen LogP contribution < -0.4 is 10.6 Å². The van der Waals surface area contributed by atoms with E-state index in [1.54, 1.807) is 6.07 Å². The first-order chi connectivity index (χ1) is 14.3. The van der Waals surface area contributed by atoms with Gasteiger partial charge in [-0.2, -0.15) is 13.2 Å². The predicted octanol–water partition coefficient (Wildman–Crippen LogP) is 2.58. The van der Waals surface area contributed by atoms with Crippen LogP contribution in [0.3, 0.4) is 0 Å². The number of hydrogen-bond donors (Lipinski definition) is 4. The Balaban J connectivity index is 1.62. The number of halogens is 3. The lowest BCUT2D eigenvalue weighted by molar-refractivity contribution is -0.137.